The van der Waals surface area contributed by atoms with Gasteiger partial charge in [0.15, 0.2) is 8.07 Å². The number of para-hydroxylation sites is 1. The van der Waals surface area contributed by atoms with Crippen LogP contribution in [0.2, 0.25) is 0 Å². The molecule has 0 fully saturated rings. The Bertz CT molecular complexity index is 3420. The summed E-state index contributed by atoms with van der Waals surface area (Å²) >= 11 is 0. The van der Waals surface area contributed by atoms with Gasteiger partial charge >= 0.3 is 0 Å². The molecule has 10 aromatic carbocycles. The second-order valence-corrected chi connectivity index (χ2v) is 20.7. The Kier molecular flexibility index (Phi) is 6.58. The predicted molar refractivity (Wildman–Crippen MR) is 257 cm³/mol. The Morgan fingerprint density at radius 3 is 1.66 bits per heavy atom. The van der Waals surface area contributed by atoms with E-state index in [9.17, 15) is 0 Å². The highest BCUT2D eigenvalue weighted by Gasteiger charge is 2.55. The van der Waals surface area contributed by atoms with Gasteiger partial charge in [0.05, 0.1) is 16.8 Å². The van der Waals surface area contributed by atoms with Gasteiger partial charge in [0, 0.05) is 5.69 Å². The second-order valence-electron chi connectivity index (χ2n) is 17.1. The lowest BCUT2D eigenvalue weighted by atomic mass is 9.64. The zero-order valence-electron chi connectivity index (χ0n) is 33.3. The molecule has 2 spiro atoms. The maximum Gasteiger partial charge on any atom is 0.182 e. The fraction of sp³-hybridized carbons (Fsp3) is 0.0169. The molecule has 0 atom stereocenters. The lowest BCUT2D eigenvalue weighted by Crippen LogP contribution is -2.70. The van der Waals surface area contributed by atoms with Gasteiger partial charge < -0.3 is 4.90 Å². The molecule has 282 valence electrons. The van der Waals surface area contributed by atoms with Crippen LogP contribution in [0, 0.1) is 0 Å². The molecule has 1 aliphatic carbocycles. The van der Waals surface area contributed by atoms with Crippen LogP contribution in [0.5, 0.6) is 0 Å². The monoisotopic (exact) mass is 787 g/mol. The Hall–Kier alpha value is -7.52. The van der Waals surface area contributed by atoms with Crippen molar-refractivity contribution in [2.45, 2.75) is 5.41 Å². The summed E-state index contributed by atoms with van der Waals surface area (Å²) in [5.41, 5.74) is 19.0. The summed E-state index contributed by atoms with van der Waals surface area (Å²) in [4.78, 5) is 2.59. The second kappa shape index (κ2) is 12.0. The minimum Gasteiger partial charge on any atom is -0.310 e. The third kappa shape index (κ3) is 4.06. The molecule has 0 aromatic heterocycles. The Balaban J connectivity index is 1.09. The Morgan fingerprint density at radius 2 is 0.918 bits per heavy atom. The van der Waals surface area contributed by atoms with E-state index in [0.29, 0.717) is 0 Å². The van der Waals surface area contributed by atoms with E-state index in [1.54, 1.807) is 0 Å². The maximum atomic E-state index is 2.61. The van der Waals surface area contributed by atoms with E-state index < -0.39 is 13.5 Å². The first kappa shape index (κ1) is 33.3. The van der Waals surface area contributed by atoms with E-state index >= 15 is 0 Å². The summed E-state index contributed by atoms with van der Waals surface area (Å²) in [6.07, 6.45) is 0. The average Bonchev–Trinajstić information content (AvgIpc) is 3.92. The van der Waals surface area contributed by atoms with E-state index in [0.717, 1.165) is 0 Å². The van der Waals surface area contributed by atoms with Crippen LogP contribution in [-0.4, -0.2) is 8.07 Å². The molecular weight excluding hydrogens is 751 g/mol. The molecule has 0 bridgehead atoms. The Labute approximate surface area is 356 Å². The van der Waals surface area contributed by atoms with Crippen molar-refractivity contribution >= 4 is 56.7 Å². The molecule has 2 heteroatoms. The van der Waals surface area contributed by atoms with Crippen molar-refractivity contribution in [2.75, 3.05) is 4.90 Å². The molecule has 0 N–H and O–H groups in total. The van der Waals surface area contributed by atoms with Gasteiger partial charge in [0.1, 0.15) is 0 Å². The third-order valence-corrected chi connectivity index (χ3v) is 19.4. The average molecular weight is 788 g/mol. The van der Waals surface area contributed by atoms with E-state index in [1.807, 2.05) is 0 Å². The van der Waals surface area contributed by atoms with Crippen molar-refractivity contribution in [3.05, 3.63) is 247 Å². The fourth-order valence-corrected chi connectivity index (χ4v) is 17.9. The van der Waals surface area contributed by atoms with Crippen LogP contribution in [0.4, 0.5) is 17.1 Å². The van der Waals surface area contributed by atoms with Crippen LogP contribution in [0.3, 0.4) is 0 Å². The first-order valence-electron chi connectivity index (χ1n) is 21.4. The molecule has 0 radical (unpaired) electrons. The normalized spacial score (nSPS) is 14.8. The number of nitrogens with zero attached hydrogens (tertiary/aromatic N) is 1. The summed E-state index contributed by atoms with van der Waals surface area (Å²) in [5.74, 6) is 0. The molecule has 14 rings (SSSR count). The third-order valence-electron chi connectivity index (χ3n) is 14.5. The maximum absolute atomic E-state index is 2.75. The van der Waals surface area contributed by atoms with Gasteiger partial charge in [-0.25, -0.2) is 0 Å². The van der Waals surface area contributed by atoms with Crippen molar-refractivity contribution in [2.24, 2.45) is 0 Å². The van der Waals surface area contributed by atoms with E-state index in [1.165, 1.54) is 115 Å². The number of fused-ring (bicyclic) bond motifs is 21. The van der Waals surface area contributed by atoms with E-state index in [4.69, 9.17) is 0 Å². The molecule has 10 aromatic rings. The van der Waals surface area contributed by atoms with Crippen molar-refractivity contribution in [1.82, 2.24) is 0 Å². The van der Waals surface area contributed by atoms with Crippen molar-refractivity contribution in [3.63, 3.8) is 0 Å². The minimum absolute atomic E-state index is 0.508. The van der Waals surface area contributed by atoms with Gasteiger partial charge in [0.2, 0.25) is 0 Å². The van der Waals surface area contributed by atoms with E-state index in [2.05, 4.69) is 229 Å². The van der Waals surface area contributed by atoms with Gasteiger partial charge in [0.25, 0.3) is 0 Å². The van der Waals surface area contributed by atoms with Gasteiger partial charge in [-0.15, -0.1) is 0 Å². The van der Waals surface area contributed by atoms with Gasteiger partial charge in [-0.05, 0) is 129 Å². The predicted octanol–water partition coefficient (Wildman–Crippen LogP) is 12.0. The number of hydrogen-bond donors (Lipinski definition) is 0. The highest BCUT2D eigenvalue weighted by atomic mass is 28.3. The summed E-state index contributed by atoms with van der Waals surface area (Å²) in [5, 5.41) is 8.59. The molecule has 4 aliphatic rings. The zero-order valence-corrected chi connectivity index (χ0v) is 34.3. The summed E-state index contributed by atoms with van der Waals surface area (Å²) in [6.45, 7) is 0. The molecule has 1 nitrogen and oxygen atoms in total. The largest absolute Gasteiger partial charge is 0.310 e. The van der Waals surface area contributed by atoms with Crippen molar-refractivity contribution in [3.8, 4) is 44.5 Å². The van der Waals surface area contributed by atoms with E-state index in [-0.39, 0.29) is 0 Å². The van der Waals surface area contributed by atoms with Gasteiger partial charge in [-0.3, -0.25) is 0 Å². The number of benzene rings is 10. The van der Waals surface area contributed by atoms with Crippen LogP contribution in [0.15, 0.2) is 224 Å². The zero-order chi connectivity index (χ0) is 39.9. The quantitative estimate of drug-likeness (QED) is 0.158. The van der Waals surface area contributed by atoms with Gasteiger partial charge in [-0.2, -0.15) is 0 Å². The fourth-order valence-electron chi connectivity index (χ4n) is 12.2. The number of anilines is 3. The molecular formula is C59H37NSi. The van der Waals surface area contributed by atoms with Crippen molar-refractivity contribution in [1.29, 1.82) is 0 Å². The standard InChI is InChI=1S/C59H37NSi/c1-2-16-38(17-3-1)40-30-34-53-51(36-40)59(48-24-10-6-20-43(48)44-21-7-11-25-49(44)59)50-26-12-13-27-52(50)60(53)41-32-33-47-57(37-41)61(56-35-31-39-18-4-5-19-42(39)58(47)56)54-28-14-8-22-45(54)46-23-9-15-29-55(46)61/h1-37H. The summed E-state index contributed by atoms with van der Waals surface area (Å²) in [7, 11) is -2.75. The minimum atomic E-state index is -2.75. The summed E-state index contributed by atoms with van der Waals surface area (Å²) in [6, 6.07) is 85.5. The first-order chi connectivity index (χ1) is 30.3. The Morgan fingerprint density at radius 1 is 0.328 bits per heavy atom. The number of hydrogen-bond acceptors (Lipinski definition) is 1. The molecule has 3 heterocycles. The highest BCUT2D eigenvalue weighted by molar-refractivity contribution is 7.24. The summed E-state index contributed by atoms with van der Waals surface area (Å²) < 4.78 is 0. The van der Waals surface area contributed by atoms with Crippen molar-refractivity contribution < 1.29 is 0 Å². The topological polar surface area (TPSA) is 3.24 Å². The molecule has 0 saturated heterocycles. The molecule has 0 unspecified atom stereocenters. The lowest BCUT2D eigenvalue weighted by molar-refractivity contribution is 0.753. The molecule has 61 heavy (non-hydrogen) atoms. The smallest absolute Gasteiger partial charge is 0.182 e. The highest BCUT2D eigenvalue weighted by Crippen LogP contribution is 2.63. The SMILES string of the molecule is c1ccc(-c2ccc3c(c2)C2(c4ccccc4-c4ccccc42)c2ccccc2N3c2ccc3c(c2)[Si]2(c4ccccc4-c4ccccc42)c2ccc4ccccc4c2-3)cc1. The molecule has 3 aliphatic heterocycles. The van der Waals surface area contributed by atoms with Crippen LogP contribution in [0.1, 0.15) is 22.3 Å². The first-order valence-corrected chi connectivity index (χ1v) is 23.4. The van der Waals surface area contributed by atoms with Crippen LogP contribution in [-0.2, 0) is 5.41 Å². The van der Waals surface area contributed by atoms with Gasteiger partial charge in [-0.1, -0.05) is 194 Å². The lowest BCUT2D eigenvalue weighted by Gasteiger charge is -2.45. The number of rotatable bonds is 2. The van der Waals surface area contributed by atoms with Crippen LogP contribution < -0.4 is 25.6 Å². The van der Waals surface area contributed by atoms with Crippen LogP contribution >= 0.6 is 0 Å². The molecule has 0 saturated carbocycles. The molecule has 0 amide bonds. The van der Waals surface area contributed by atoms with Crippen LogP contribution in [0.25, 0.3) is 55.3 Å².